The molecule has 1 aromatic rings. The Hall–Kier alpha value is -1.44. The first-order valence-electron chi connectivity index (χ1n) is 6.34. The number of rotatable bonds is 3. The molecule has 1 fully saturated rings. The third kappa shape index (κ3) is 3.56. The van der Waals surface area contributed by atoms with Gasteiger partial charge in [-0.3, -0.25) is 4.55 Å². The van der Waals surface area contributed by atoms with E-state index in [4.69, 9.17) is 9.29 Å². The van der Waals surface area contributed by atoms with Gasteiger partial charge in [-0.05, 0) is 37.5 Å². The molecule has 2 atom stereocenters. The summed E-state index contributed by atoms with van der Waals surface area (Å²) in [6.45, 7) is 0. The molecule has 0 amide bonds. The Balaban J connectivity index is 2.13. The van der Waals surface area contributed by atoms with E-state index in [0.717, 1.165) is 18.9 Å². The van der Waals surface area contributed by atoms with Crippen LogP contribution in [0.1, 0.15) is 36.0 Å². The smallest absolute Gasteiger partial charge is 0.338 e. The van der Waals surface area contributed by atoms with Crippen molar-refractivity contribution in [3.05, 3.63) is 29.8 Å². The number of carbonyl (C=O) groups excluding carboxylic acids is 1. The Labute approximate surface area is 117 Å². The summed E-state index contributed by atoms with van der Waals surface area (Å²) < 4.78 is 36.2. The van der Waals surface area contributed by atoms with Gasteiger partial charge in [0.2, 0.25) is 0 Å². The van der Waals surface area contributed by atoms with Crippen molar-refractivity contribution >= 4 is 16.1 Å². The average molecular weight is 300 g/mol. The van der Waals surface area contributed by atoms with E-state index in [1.165, 1.54) is 18.2 Å². The van der Waals surface area contributed by atoms with E-state index < -0.39 is 28.3 Å². The van der Waals surface area contributed by atoms with Gasteiger partial charge in [-0.15, -0.1) is 0 Å². The van der Waals surface area contributed by atoms with Crippen molar-refractivity contribution in [2.45, 2.75) is 42.8 Å². The van der Waals surface area contributed by atoms with E-state index >= 15 is 0 Å². The van der Waals surface area contributed by atoms with Crippen molar-refractivity contribution in [2.75, 3.05) is 0 Å². The molecule has 110 valence electrons. The molecule has 0 heterocycles. The molecule has 1 saturated carbocycles. The van der Waals surface area contributed by atoms with Crippen LogP contribution in [-0.2, 0) is 14.9 Å². The molecule has 20 heavy (non-hydrogen) atoms. The van der Waals surface area contributed by atoms with Gasteiger partial charge in [0, 0.05) is 0 Å². The van der Waals surface area contributed by atoms with Crippen LogP contribution in [-0.4, -0.2) is 36.3 Å². The van der Waals surface area contributed by atoms with Crippen LogP contribution in [0, 0.1) is 0 Å². The maximum absolute atomic E-state index is 11.9. The Morgan fingerprint density at radius 2 is 1.95 bits per heavy atom. The number of benzene rings is 1. The van der Waals surface area contributed by atoms with Gasteiger partial charge in [-0.1, -0.05) is 12.5 Å². The normalized spacial score (nSPS) is 23.3. The molecule has 0 bridgehead atoms. The van der Waals surface area contributed by atoms with Crippen molar-refractivity contribution in [3.8, 4) is 0 Å². The molecular formula is C13H16O6S. The van der Waals surface area contributed by atoms with Crippen molar-refractivity contribution in [1.29, 1.82) is 0 Å². The molecule has 6 nitrogen and oxygen atoms in total. The van der Waals surface area contributed by atoms with E-state index in [1.807, 2.05) is 0 Å². The van der Waals surface area contributed by atoms with E-state index in [0.29, 0.717) is 12.8 Å². The highest BCUT2D eigenvalue weighted by Crippen LogP contribution is 2.22. The van der Waals surface area contributed by atoms with Crippen LogP contribution in [0.4, 0.5) is 0 Å². The number of esters is 1. The third-order valence-corrected chi connectivity index (χ3v) is 4.14. The van der Waals surface area contributed by atoms with Gasteiger partial charge in [0.1, 0.15) is 6.10 Å². The molecule has 1 aliphatic rings. The van der Waals surface area contributed by atoms with Crippen LogP contribution >= 0.6 is 0 Å². The quantitative estimate of drug-likeness (QED) is 0.646. The molecular weight excluding hydrogens is 284 g/mol. The van der Waals surface area contributed by atoms with Gasteiger partial charge < -0.3 is 9.84 Å². The van der Waals surface area contributed by atoms with Crippen LogP contribution < -0.4 is 0 Å². The van der Waals surface area contributed by atoms with E-state index in [1.54, 1.807) is 0 Å². The van der Waals surface area contributed by atoms with Crippen molar-refractivity contribution < 1.29 is 27.6 Å². The highest BCUT2D eigenvalue weighted by Gasteiger charge is 2.27. The van der Waals surface area contributed by atoms with Crippen LogP contribution in [0.5, 0.6) is 0 Å². The Bertz CT molecular complexity index is 595. The second-order valence-electron chi connectivity index (χ2n) is 4.80. The van der Waals surface area contributed by atoms with Gasteiger partial charge in [-0.2, -0.15) is 8.42 Å². The molecule has 1 aliphatic carbocycles. The molecule has 0 radical (unpaired) electrons. The number of carbonyl (C=O) groups is 1. The maximum atomic E-state index is 11.9. The SMILES string of the molecule is O=C(OC1CCCCC1O)c1cccc(S(=O)(=O)O)c1. The fourth-order valence-corrected chi connectivity index (χ4v) is 2.73. The van der Waals surface area contributed by atoms with Crippen molar-refractivity contribution in [2.24, 2.45) is 0 Å². The van der Waals surface area contributed by atoms with Gasteiger partial charge in [0.15, 0.2) is 0 Å². The molecule has 7 heteroatoms. The molecule has 0 aliphatic heterocycles. The Kier molecular flexibility index (Phi) is 4.42. The van der Waals surface area contributed by atoms with Gasteiger partial charge in [0.05, 0.1) is 16.6 Å². The minimum Gasteiger partial charge on any atom is -0.456 e. The summed E-state index contributed by atoms with van der Waals surface area (Å²) in [5.74, 6) is -0.707. The minimum atomic E-state index is -4.36. The van der Waals surface area contributed by atoms with Crippen LogP contribution in [0.25, 0.3) is 0 Å². The fraction of sp³-hybridized carbons (Fsp3) is 0.462. The van der Waals surface area contributed by atoms with Crippen molar-refractivity contribution in [3.63, 3.8) is 0 Å². The zero-order valence-corrected chi connectivity index (χ0v) is 11.5. The molecule has 2 unspecified atom stereocenters. The first-order valence-corrected chi connectivity index (χ1v) is 7.78. The molecule has 1 aromatic carbocycles. The largest absolute Gasteiger partial charge is 0.456 e. The lowest BCUT2D eigenvalue weighted by Crippen LogP contribution is -2.34. The summed E-state index contributed by atoms with van der Waals surface area (Å²) in [5, 5.41) is 9.74. The average Bonchev–Trinajstić information content (AvgIpc) is 2.40. The summed E-state index contributed by atoms with van der Waals surface area (Å²) in [6.07, 6.45) is 1.70. The number of hydrogen-bond acceptors (Lipinski definition) is 5. The zero-order chi connectivity index (χ0) is 14.8. The van der Waals surface area contributed by atoms with Crippen LogP contribution in [0.15, 0.2) is 29.2 Å². The Morgan fingerprint density at radius 1 is 1.25 bits per heavy atom. The van der Waals surface area contributed by atoms with E-state index in [9.17, 15) is 18.3 Å². The summed E-state index contributed by atoms with van der Waals surface area (Å²) in [4.78, 5) is 11.6. The number of hydrogen-bond donors (Lipinski definition) is 2. The zero-order valence-electron chi connectivity index (χ0n) is 10.7. The predicted molar refractivity (Wildman–Crippen MR) is 69.9 cm³/mol. The van der Waals surface area contributed by atoms with Crippen LogP contribution in [0.2, 0.25) is 0 Å². The van der Waals surface area contributed by atoms with Gasteiger partial charge >= 0.3 is 5.97 Å². The standard InChI is InChI=1S/C13H16O6S/c14-11-6-1-2-7-12(11)19-13(15)9-4-3-5-10(8-9)20(16,17)18/h3-5,8,11-12,14H,1-2,6-7H2,(H,16,17,18). The highest BCUT2D eigenvalue weighted by molar-refractivity contribution is 7.85. The molecule has 2 rings (SSSR count). The highest BCUT2D eigenvalue weighted by atomic mass is 32.2. The first kappa shape index (κ1) is 15.0. The number of aliphatic hydroxyl groups is 1. The lowest BCUT2D eigenvalue weighted by atomic mass is 9.95. The van der Waals surface area contributed by atoms with E-state index in [2.05, 4.69) is 0 Å². The summed E-state index contributed by atoms with van der Waals surface area (Å²) in [6, 6.07) is 4.97. The first-order chi connectivity index (χ1) is 9.38. The lowest BCUT2D eigenvalue weighted by molar-refractivity contribution is -0.0360. The van der Waals surface area contributed by atoms with E-state index in [-0.39, 0.29) is 10.5 Å². The minimum absolute atomic E-state index is 0.0258. The molecule has 0 aromatic heterocycles. The van der Waals surface area contributed by atoms with Crippen LogP contribution in [0.3, 0.4) is 0 Å². The summed E-state index contributed by atoms with van der Waals surface area (Å²) in [7, 11) is -4.36. The topological polar surface area (TPSA) is 101 Å². The Morgan fingerprint density at radius 3 is 2.60 bits per heavy atom. The predicted octanol–water partition coefficient (Wildman–Crippen LogP) is 1.39. The number of ether oxygens (including phenoxy) is 1. The van der Waals surface area contributed by atoms with Gasteiger partial charge in [0.25, 0.3) is 10.1 Å². The second kappa shape index (κ2) is 5.90. The summed E-state index contributed by atoms with van der Waals surface area (Å²) >= 11 is 0. The van der Waals surface area contributed by atoms with Crippen molar-refractivity contribution in [1.82, 2.24) is 0 Å². The molecule has 2 N–H and O–H groups in total. The monoisotopic (exact) mass is 300 g/mol. The van der Waals surface area contributed by atoms with Gasteiger partial charge in [-0.25, -0.2) is 4.79 Å². The summed E-state index contributed by atoms with van der Waals surface area (Å²) in [5.41, 5.74) is 0.0258. The lowest BCUT2D eigenvalue weighted by Gasteiger charge is -2.27. The maximum Gasteiger partial charge on any atom is 0.338 e. The second-order valence-corrected chi connectivity index (χ2v) is 6.22. The number of aliphatic hydroxyl groups excluding tert-OH is 1. The fourth-order valence-electron chi connectivity index (χ4n) is 2.20. The molecule has 0 spiro atoms. The molecule has 0 saturated heterocycles. The third-order valence-electron chi connectivity index (χ3n) is 3.29.